The Labute approximate surface area is 374 Å². The van der Waals surface area contributed by atoms with Gasteiger partial charge in [-0.25, -0.2) is 8.78 Å². The second-order valence-corrected chi connectivity index (χ2v) is 19.8. The van der Waals surface area contributed by atoms with Crippen LogP contribution in [-0.4, -0.2) is 129 Å². The molecule has 0 unspecified atom stereocenters. The summed E-state index contributed by atoms with van der Waals surface area (Å²) in [5, 5.41) is 36.5. The van der Waals surface area contributed by atoms with Gasteiger partial charge >= 0.3 is 0 Å². The maximum Gasteiger partial charge on any atom is 0.246 e. The van der Waals surface area contributed by atoms with Crippen LogP contribution in [-0.2, 0) is 32.0 Å². The largest absolute Gasteiger partial charge is 0.391 e. The van der Waals surface area contributed by atoms with Gasteiger partial charge in [-0.2, -0.15) is 0 Å². The molecule has 4 heterocycles. The quantitative estimate of drug-likeness (QED) is 0.0845. The molecule has 16 heteroatoms. The highest BCUT2D eigenvalue weighted by atomic mass is 19.1. The van der Waals surface area contributed by atoms with E-state index in [1.165, 1.54) is 24.3 Å². The van der Waals surface area contributed by atoms with Crippen LogP contribution < -0.4 is 21.3 Å². The van der Waals surface area contributed by atoms with Gasteiger partial charge in [-0.3, -0.25) is 19.2 Å². The normalized spacial score (nSPS) is 21.3. The molecule has 64 heavy (non-hydrogen) atoms. The van der Waals surface area contributed by atoms with Gasteiger partial charge in [-0.15, -0.1) is 0 Å². The van der Waals surface area contributed by atoms with Gasteiger partial charge in [0, 0.05) is 34.9 Å². The van der Waals surface area contributed by atoms with Crippen LogP contribution in [0.3, 0.4) is 0 Å². The number of H-pyrrole nitrogens is 2. The summed E-state index contributed by atoms with van der Waals surface area (Å²) in [7, 11) is 3.38. The Kier molecular flexibility index (Phi) is 14.6. The number of hydrogen-bond donors (Lipinski definition) is 8. The number of aromatic amines is 2. The number of aliphatic hydroxyl groups excluding tert-OH is 2. The molecule has 2 aliphatic heterocycles. The van der Waals surface area contributed by atoms with Crippen molar-refractivity contribution in [2.24, 2.45) is 10.8 Å². The lowest BCUT2D eigenvalue weighted by Crippen LogP contribution is -2.59. The molecule has 0 radical (unpaired) electrons. The summed E-state index contributed by atoms with van der Waals surface area (Å²) in [4.78, 5) is 66.0. The van der Waals surface area contributed by atoms with Crippen molar-refractivity contribution in [3.05, 3.63) is 59.2 Å². The van der Waals surface area contributed by atoms with Crippen LogP contribution in [0.15, 0.2) is 36.4 Å². The van der Waals surface area contributed by atoms with Crippen LogP contribution in [0.1, 0.15) is 92.2 Å². The molecule has 14 nitrogen and oxygen atoms in total. The van der Waals surface area contributed by atoms with Crippen molar-refractivity contribution in [1.29, 1.82) is 0 Å². The maximum atomic E-state index is 15.0. The van der Waals surface area contributed by atoms with E-state index in [4.69, 9.17) is 0 Å². The number of rotatable bonds is 15. The minimum Gasteiger partial charge on any atom is -0.391 e. The molecule has 6 rings (SSSR count). The zero-order valence-corrected chi connectivity index (χ0v) is 38.9. The summed E-state index contributed by atoms with van der Waals surface area (Å²) in [6.07, 6.45) is 0.0327. The van der Waals surface area contributed by atoms with E-state index in [1.807, 2.05) is 55.4 Å². The van der Waals surface area contributed by atoms with Crippen molar-refractivity contribution in [3.8, 4) is 11.4 Å². The molecule has 4 aromatic rings. The van der Waals surface area contributed by atoms with E-state index in [2.05, 4.69) is 31.2 Å². The summed E-state index contributed by atoms with van der Waals surface area (Å²) in [5.74, 6) is -2.23. The minimum atomic E-state index is -0.930. The Morgan fingerprint density at radius 2 is 1.03 bits per heavy atom. The number of nitrogens with one attached hydrogen (secondary N) is 6. The number of likely N-dealkylation sites (tertiary alicyclic amines) is 2. The molecule has 8 N–H and O–H groups in total. The number of nitrogens with zero attached hydrogens (tertiary/aromatic N) is 2. The van der Waals surface area contributed by atoms with E-state index in [-0.39, 0.29) is 49.6 Å². The lowest BCUT2D eigenvalue weighted by Gasteiger charge is -2.37. The van der Waals surface area contributed by atoms with Crippen LogP contribution in [0, 0.1) is 22.5 Å². The lowest BCUT2D eigenvalue weighted by atomic mass is 9.85. The maximum absolute atomic E-state index is 15.0. The Morgan fingerprint density at radius 3 is 1.34 bits per heavy atom. The second kappa shape index (κ2) is 19.3. The number of amides is 4. The number of halogens is 2. The Bertz CT molecular complexity index is 2180. The first-order valence-corrected chi connectivity index (χ1v) is 22.7. The number of hydrogen-bond acceptors (Lipinski definition) is 8. The van der Waals surface area contributed by atoms with Gasteiger partial charge in [0.1, 0.15) is 23.7 Å². The fourth-order valence-electron chi connectivity index (χ4n) is 9.59. The number of likely N-dealkylation sites (N-methyl/N-ethyl adjacent to an activating group) is 2. The van der Waals surface area contributed by atoms with Crippen LogP contribution in [0.4, 0.5) is 8.78 Å². The third-order valence-electron chi connectivity index (χ3n) is 13.3. The Hall–Kier alpha value is -4.90. The number of carbonyl (C=O) groups excluding carboxylic acids is 4. The number of carbonyl (C=O) groups is 4. The fraction of sp³-hybridized carbons (Fsp3) is 0.583. The third kappa shape index (κ3) is 9.85. The molecule has 2 fully saturated rings. The van der Waals surface area contributed by atoms with Crippen LogP contribution in [0.2, 0.25) is 0 Å². The van der Waals surface area contributed by atoms with Crippen molar-refractivity contribution in [3.63, 3.8) is 0 Å². The molecule has 0 aliphatic carbocycles. The molecule has 350 valence electrons. The van der Waals surface area contributed by atoms with Crippen LogP contribution in [0.25, 0.3) is 33.2 Å². The molecule has 0 spiro atoms. The molecule has 2 aromatic carbocycles. The van der Waals surface area contributed by atoms with Gasteiger partial charge in [0.2, 0.25) is 23.6 Å². The first kappa shape index (κ1) is 48.6. The van der Waals surface area contributed by atoms with Crippen molar-refractivity contribution >= 4 is 45.4 Å². The minimum absolute atomic E-state index is 0.130. The Balaban J connectivity index is 1.43. The monoisotopic (exact) mass is 891 g/mol. The molecule has 4 amide bonds. The van der Waals surface area contributed by atoms with Gasteiger partial charge in [-0.05, 0) is 111 Å². The zero-order valence-electron chi connectivity index (χ0n) is 38.9. The number of benzene rings is 2. The topological polar surface area (TPSA) is 195 Å². The molecule has 2 aromatic heterocycles. The molecular formula is C48H68F2N8O6. The Morgan fingerprint density at radius 1 is 0.672 bits per heavy atom. The predicted molar refractivity (Wildman–Crippen MR) is 244 cm³/mol. The summed E-state index contributed by atoms with van der Waals surface area (Å²) in [5.41, 5.74) is 1.90. The highest BCUT2D eigenvalue weighted by molar-refractivity contribution is 5.97. The average Bonchev–Trinajstić information content (AvgIpc) is 3.98. The number of fused-ring (bicyclic) bond motifs is 2. The molecule has 0 bridgehead atoms. The van der Waals surface area contributed by atoms with Crippen molar-refractivity contribution < 1.29 is 38.2 Å². The van der Waals surface area contributed by atoms with E-state index in [0.717, 1.165) is 0 Å². The van der Waals surface area contributed by atoms with Crippen LogP contribution in [0.5, 0.6) is 0 Å². The third-order valence-corrected chi connectivity index (χ3v) is 13.3. The number of aromatic nitrogens is 2. The molecule has 8 atom stereocenters. The van der Waals surface area contributed by atoms with Gasteiger partial charge in [-0.1, -0.05) is 55.4 Å². The van der Waals surface area contributed by atoms with Crippen molar-refractivity contribution in [2.75, 3.05) is 27.2 Å². The average molecular weight is 891 g/mol. The number of aliphatic hydroxyl groups is 2. The first-order valence-electron chi connectivity index (χ1n) is 22.7. The summed E-state index contributed by atoms with van der Waals surface area (Å²) in [6, 6.07) is 4.43. The standard InChI is InChI=1S/C48H68F2N8O6/c1-11-31(51-9)43(61)55-41(47(3,4)5)45(63)57-19-17-37(59)35(57)23-29-27-15-13-25(49)21-33(27)53-39(29)40-30(28-16-14-26(50)22-34(28)54-40)24-36-38(60)18-20-58(36)46(64)42(48(6,7)8)56-44(62)32(12-2)52-10/h13-16,21-22,31-32,35-38,41-42,51-54,59-60H,11-12,17-20,23-24H2,1-10H3,(H,55,61)(H,56,62)/t31-,32-,35-,36+,37+,38+,41+,42+/m0/s1. The first-order chi connectivity index (χ1) is 30.1. The highest BCUT2D eigenvalue weighted by Crippen LogP contribution is 2.40. The van der Waals surface area contributed by atoms with Gasteiger partial charge < -0.3 is 51.2 Å². The summed E-state index contributed by atoms with van der Waals surface area (Å²) >= 11 is 0. The SMILES string of the molecule is CC[C@H](NC)C(=O)N[C@H](C(=O)N1CC[C@@H](O)[C@H]1Cc1c(-c2[nH]c3cc(F)ccc3c2C[C@H]2[C@H](O)CCN2C(=O)[C@@H](NC(=O)[C@H](CC)NC)C(C)(C)C)[nH]c2cc(F)ccc12)C(C)(C)C. The molecular weight excluding hydrogens is 823 g/mol. The van der Waals surface area contributed by atoms with Crippen molar-refractivity contribution in [2.45, 2.75) is 142 Å². The predicted octanol–water partition coefficient (Wildman–Crippen LogP) is 4.66. The molecule has 0 saturated carbocycles. The van der Waals surface area contributed by atoms with Gasteiger partial charge in [0.25, 0.3) is 0 Å². The highest BCUT2D eigenvalue weighted by Gasteiger charge is 2.46. The summed E-state index contributed by atoms with van der Waals surface area (Å²) in [6.45, 7) is 15.5. The van der Waals surface area contributed by atoms with E-state index in [0.29, 0.717) is 70.0 Å². The smallest absolute Gasteiger partial charge is 0.246 e. The summed E-state index contributed by atoms with van der Waals surface area (Å²) < 4.78 is 29.9. The van der Waals surface area contributed by atoms with Crippen LogP contribution >= 0.6 is 0 Å². The second-order valence-electron chi connectivity index (χ2n) is 19.8. The van der Waals surface area contributed by atoms with Gasteiger partial charge in [0.05, 0.1) is 47.8 Å². The van der Waals surface area contributed by atoms with E-state index in [1.54, 1.807) is 36.0 Å². The lowest BCUT2D eigenvalue weighted by molar-refractivity contribution is -0.141. The van der Waals surface area contributed by atoms with E-state index < -0.39 is 70.9 Å². The van der Waals surface area contributed by atoms with E-state index in [9.17, 15) is 38.2 Å². The van der Waals surface area contributed by atoms with Gasteiger partial charge in [0.15, 0.2) is 0 Å². The molecule has 2 aliphatic rings. The van der Waals surface area contributed by atoms with Crippen molar-refractivity contribution in [1.82, 2.24) is 41.0 Å². The molecule has 2 saturated heterocycles. The fourth-order valence-corrected chi connectivity index (χ4v) is 9.59. The zero-order chi connectivity index (χ0) is 47.0. The van der Waals surface area contributed by atoms with E-state index >= 15 is 0 Å².